The third kappa shape index (κ3) is 2.94. The summed E-state index contributed by atoms with van der Waals surface area (Å²) in [6.07, 6.45) is 1.64. The minimum Gasteiger partial charge on any atom is -0.258 e. The molecule has 0 amide bonds. The average Bonchev–Trinajstić information content (AvgIpc) is 2.74. The standard InChI is InChI=1S/C12H9ClN2O2S/c1-8-2-3-9(6-11(8)15(16)17)14-7-10-4-5-12(13)18-10/h2-7H,1H3. The first-order valence-electron chi connectivity index (χ1n) is 5.11. The van der Waals surface area contributed by atoms with Gasteiger partial charge in [0.2, 0.25) is 0 Å². The van der Waals surface area contributed by atoms with Crippen molar-refractivity contribution in [3.8, 4) is 0 Å². The van der Waals surface area contributed by atoms with Crippen LogP contribution in [-0.2, 0) is 0 Å². The van der Waals surface area contributed by atoms with Crippen molar-refractivity contribution < 1.29 is 4.92 Å². The third-order valence-electron chi connectivity index (χ3n) is 2.32. The van der Waals surface area contributed by atoms with Crippen molar-refractivity contribution in [2.75, 3.05) is 0 Å². The molecule has 0 radical (unpaired) electrons. The lowest BCUT2D eigenvalue weighted by atomic mass is 10.2. The third-order valence-corrected chi connectivity index (χ3v) is 3.49. The fourth-order valence-corrected chi connectivity index (χ4v) is 2.34. The van der Waals surface area contributed by atoms with Crippen LogP contribution in [0.3, 0.4) is 0 Å². The number of halogens is 1. The first-order valence-corrected chi connectivity index (χ1v) is 6.30. The quantitative estimate of drug-likeness (QED) is 0.476. The second-order valence-electron chi connectivity index (χ2n) is 3.63. The molecule has 0 aliphatic heterocycles. The van der Waals surface area contributed by atoms with Crippen molar-refractivity contribution in [1.82, 2.24) is 0 Å². The Balaban J connectivity index is 2.27. The van der Waals surface area contributed by atoms with Gasteiger partial charge >= 0.3 is 0 Å². The SMILES string of the molecule is Cc1ccc(N=Cc2ccc(Cl)s2)cc1[N+](=O)[O-]. The molecule has 0 aliphatic rings. The summed E-state index contributed by atoms with van der Waals surface area (Å²) in [4.78, 5) is 15.5. The highest BCUT2D eigenvalue weighted by Gasteiger charge is 2.10. The van der Waals surface area contributed by atoms with Crippen LogP contribution in [0, 0.1) is 17.0 Å². The van der Waals surface area contributed by atoms with Crippen LogP contribution >= 0.6 is 22.9 Å². The highest BCUT2D eigenvalue weighted by atomic mass is 35.5. The first kappa shape index (κ1) is 12.7. The Hall–Kier alpha value is -1.72. The van der Waals surface area contributed by atoms with E-state index in [9.17, 15) is 10.1 Å². The maximum absolute atomic E-state index is 10.8. The monoisotopic (exact) mass is 280 g/mol. The van der Waals surface area contributed by atoms with Crippen LogP contribution in [0.4, 0.5) is 11.4 Å². The minimum atomic E-state index is -0.406. The van der Waals surface area contributed by atoms with Gasteiger partial charge in [-0.3, -0.25) is 15.1 Å². The zero-order chi connectivity index (χ0) is 13.1. The molecule has 2 aromatic rings. The maximum Gasteiger partial charge on any atom is 0.274 e. The van der Waals surface area contributed by atoms with Crippen molar-refractivity contribution in [2.45, 2.75) is 6.92 Å². The Morgan fingerprint density at radius 2 is 2.17 bits per heavy atom. The largest absolute Gasteiger partial charge is 0.274 e. The first-order chi connectivity index (χ1) is 8.56. The molecule has 0 fully saturated rings. The summed E-state index contributed by atoms with van der Waals surface area (Å²) in [7, 11) is 0. The molecule has 92 valence electrons. The molecule has 0 bridgehead atoms. The summed E-state index contributed by atoms with van der Waals surface area (Å²) in [5.74, 6) is 0. The van der Waals surface area contributed by atoms with Crippen LogP contribution in [0.15, 0.2) is 35.3 Å². The number of nitrogens with zero attached hydrogens (tertiary/aromatic N) is 2. The molecule has 4 nitrogen and oxygen atoms in total. The van der Waals surface area contributed by atoms with E-state index in [0.717, 1.165) is 4.88 Å². The summed E-state index contributed by atoms with van der Waals surface area (Å²) in [6.45, 7) is 1.70. The van der Waals surface area contributed by atoms with Gasteiger partial charge in [0, 0.05) is 22.7 Å². The number of thiophene rings is 1. The highest BCUT2D eigenvalue weighted by molar-refractivity contribution is 7.17. The highest BCUT2D eigenvalue weighted by Crippen LogP contribution is 2.25. The Kier molecular flexibility index (Phi) is 3.74. The molecule has 0 atom stereocenters. The number of nitro benzene ring substituents is 1. The number of hydrogen-bond donors (Lipinski definition) is 0. The van der Waals surface area contributed by atoms with Gasteiger partial charge in [0.1, 0.15) is 0 Å². The molecule has 0 unspecified atom stereocenters. The normalized spacial score (nSPS) is 11.0. The molecule has 1 aromatic carbocycles. The number of hydrogen-bond acceptors (Lipinski definition) is 4. The van der Waals surface area contributed by atoms with Crippen molar-refractivity contribution in [3.63, 3.8) is 0 Å². The molecule has 1 aromatic heterocycles. The molecule has 2 rings (SSSR count). The summed E-state index contributed by atoms with van der Waals surface area (Å²) >= 11 is 7.20. The number of rotatable bonds is 3. The molecule has 6 heteroatoms. The van der Waals surface area contributed by atoms with E-state index in [1.165, 1.54) is 17.4 Å². The number of benzene rings is 1. The van der Waals surface area contributed by atoms with Crippen molar-refractivity contribution >= 4 is 40.5 Å². The van der Waals surface area contributed by atoms with E-state index < -0.39 is 4.92 Å². The van der Waals surface area contributed by atoms with Gasteiger partial charge in [0.05, 0.1) is 14.9 Å². The lowest BCUT2D eigenvalue weighted by Gasteiger charge is -1.97. The van der Waals surface area contributed by atoms with Gasteiger partial charge in [-0.15, -0.1) is 11.3 Å². The van der Waals surface area contributed by atoms with E-state index in [2.05, 4.69) is 4.99 Å². The molecule has 1 heterocycles. The van der Waals surface area contributed by atoms with Crippen molar-refractivity contribution in [1.29, 1.82) is 0 Å². The number of nitro groups is 1. The summed E-state index contributed by atoms with van der Waals surface area (Å²) in [5, 5.41) is 10.8. The van der Waals surface area contributed by atoms with E-state index in [1.807, 2.05) is 6.07 Å². The molecule has 0 aliphatic carbocycles. The molecule has 0 spiro atoms. The van der Waals surface area contributed by atoms with Crippen LogP contribution in [0.5, 0.6) is 0 Å². The van der Waals surface area contributed by atoms with E-state index in [4.69, 9.17) is 11.6 Å². The Labute approximate surface area is 113 Å². The predicted octanol–water partition coefficient (Wildman–Crippen LogP) is 4.37. The van der Waals surface area contributed by atoms with E-state index in [1.54, 1.807) is 31.3 Å². The van der Waals surface area contributed by atoms with Gasteiger partial charge in [0.25, 0.3) is 5.69 Å². The van der Waals surface area contributed by atoms with Gasteiger partial charge < -0.3 is 0 Å². The zero-order valence-electron chi connectivity index (χ0n) is 9.46. The predicted molar refractivity (Wildman–Crippen MR) is 74.4 cm³/mol. The van der Waals surface area contributed by atoms with Crippen LogP contribution in [-0.4, -0.2) is 11.1 Å². The summed E-state index contributed by atoms with van der Waals surface area (Å²) in [5.41, 5.74) is 1.25. The number of aliphatic imine (C=N–C) groups is 1. The van der Waals surface area contributed by atoms with Crippen LogP contribution in [0.2, 0.25) is 4.34 Å². The topological polar surface area (TPSA) is 55.5 Å². The Bertz CT molecular complexity index is 622. The van der Waals surface area contributed by atoms with E-state index in [-0.39, 0.29) is 5.69 Å². The van der Waals surface area contributed by atoms with Crippen molar-refractivity contribution in [3.05, 3.63) is 55.2 Å². The second kappa shape index (κ2) is 5.29. The van der Waals surface area contributed by atoms with Gasteiger partial charge in [-0.2, -0.15) is 0 Å². The molecule has 0 saturated heterocycles. The minimum absolute atomic E-state index is 0.0776. The molecule has 0 saturated carbocycles. The molecular formula is C12H9ClN2O2S. The lowest BCUT2D eigenvalue weighted by molar-refractivity contribution is -0.385. The molecule has 18 heavy (non-hydrogen) atoms. The maximum atomic E-state index is 10.8. The molecule has 0 N–H and O–H groups in total. The fraction of sp³-hybridized carbons (Fsp3) is 0.0833. The smallest absolute Gasteiger partial charge is 0.258 e. The van der Waals surface area contributed by atoms with Gasteiger partial charge in [-0.25, -0.2) is 0 Å². The summed E-state index contributed by atoms with van der Waals surface area (Å²) < 4.78 is 0.686. The average molecular weight is 281 g/mol. The number of aryl methyl sites for hydroxylation is 1. The van der Waals surface area contributed by atoms with E-state index in [0.29, 0.717) is 15.6 Å². The second-order valence-corrected chi connectivity index (χ2v) is 5.37. The van der Waals surface area contributed by atoms with E-state index >= 15 is 0 Å². The van der Waals surface area contributed by atoms with Crippen LogP contribution < -0.4 is 0 Å². The van der Waals surface area contributed by atoms with Crippen LogP contribution in [0.25, 0.3) is 0 Å². The lowest BCUT2D eigenvalue weighted by Crippen LogP contribution is -1.90. The van der Waals surface area contributed by atoms with Crippen molar-refractivity contribution in [2.24, 2.45) is 4.99 Å². The Morgan fingerprint density at radius 1 is 1.39 bits per heavy atom. The Morgan fingerprint density at radius 3 is 2.78 bits per heavy atom. The zero-order valence-corrected chi connectivity index (χ0v) is 11.0. The van der Waals surface area contributed by atoms with Gasteiger partial charge in [0.15, 0.2) is 0 Å². The van der Waals surface area contributed by atoms with Crippen LogP contribution in [0.1, 0.15) is 10.4 Å². The fourth-order valence-electron chi connectivity index (χ4n) is 1.41. The molecular weight excluding hydrogens is 272 g/mol. The summed E-state index contributed by atoms with van der Waals surface area (Å²) in [6, 6.07) is 8.52. The van der Waals surface area contributed by atoms with Gasteiger partial charge in [-0.1, -0.05) is 17.7 Å². The van der Waals surface area contributed by atoms with Gasteiger partial charge in [-0.05, 0) is 25.1 Å².